The number of hydrogen-bond donors (Lipinski definition) is 2. The monoisotopic (exact) mass is 405 g/mol. The maximum absolute atomic E-state index is 12.4. The third-order valence-corrected chi connectivity index (χ3v) is 5.89. The molecule has 0 saturated heterocycles. The van der Waals surface area contributed by atoms with Gasteiger partial charge in [0.05, 0.1) is 11.4 Å². The number of amides is 1. The van der Waals surface area contributed by atoms with Gasteiger partial charge < -0.3 is 14.8 Å². The quantitative estimate of drug-likeness (QED) is 0.728. The molecule has 3 rings (SSSR count). The van der Waals surface area contributed by atoms with Crippen LogP contribution in [-0.4, -0.2) is 46.7 Å². The van der Waals surface area contributed by atoms with Crippen molar-refractivity contribution in [1.82, 2.24) is 9.62 Å². The molecule has 0 radical (unpaired) electrons. The van der Waals surface area contributed by atoms with E-state index < -0.39 is 10.0 Å². The van der Waals surface area contributed by atoms with Gasteiger partial charge in [-0.2, -0.15) is 0 Å². The highest BCUT2D eigenvalue weighted by molar-refractivity contribution is 7.89. The van der Waals surface area contributed by atoms with Gasteiger partial charge in [-0.05, 0) is 56.4 Å². The number of benzene rings is 2. The molecule has 1 heterocycles. The molecule has 1 aliphatic rings. The SMILES string of the molecule is CNS(=O)(=O)c1cc(NC(=O)CN(C)Cc2ccc3c(c2)OCO3)ccc1C. The molecule has 0 aliphatic carbocycles. The topological polar surface area (TPSA) is 97.0 Å². The van der Waals surface area contributed by atoms with Crippen LogP contribution in [0.15, 0.2) is 41.3 Å². The van der Waals surface area contributed by atoms with Crippen LogP contribution in [-0.2, 0) is 21.4 Å². The van der Waals surface area contributed by atoms with Gasteiger partial charge in [-0.3, -0.25) is 9.69 Å². The first-order valence-corrected chi connectivity index (χ1v) is 10.2. The zero-order chi connectivity index (χ0) is 20.3. The molecule has 8 nitrogen and oxygen atoms in total. The average Bonchev–Trinajstić information content (AvgIpc) is 3.10. The van der Waals surface area contributed by atoms with Crippen molar-refractivity contribution in [3.63, 3.8) is 0 Å². The molecule has 1 aliphatic heterocycles. The Hall–Kier alpha value is -2.62. The number of rotatable bonds is 7. The van der Waals surface area contributed by atoms with Crippen LogP contribution >= 0.6 is 0 Å². The van der Waals surface area contributed by atoms with Crippen molar-refractivity contribution < 1.29 is 22.7 Å². The normalized spacial score (nSPS) is 13.0. The first kappa shape index (κ1) is 20.1. The van der Waals surface area contributed by atoms with Gasteiger partial charge in [0.2, 0.25) is 22.7 Å². The molecule has 0 saturated carbocycles. The Balaban J connectivity index is 1.61. The number of carbonyl (C=O) groups is 1. The van der Waals surface area contributed by atoms with Crippen LogP contribution in [0, 0.1) is 6.92 Å². The predicted molar refractivity (Wildman–Crippen MR) is 105 cm³/mol. The average molecular weight is 405 g/mol. The van der Waals surface area contributed by atoms with Crippen molar-refractivity contribution in [3.8, 4) is 11.5 Å². The van der Waals surface area contributed by atoms with Gasteiger partial charge in [0.1, 0.15) is 0 Å². The third kappa shape index (κ3) is 4.61. The summed E-state index contributed by atoms with van der Waals surface area (Å²) >= 11 is 0. The summed E-state index contributed by atoms with van der Waals surface area (Å²) in [5.74, 6) is 1.18. The number of nitrogens with zero attached hydrogens (tertiary/aromatic N) is 1. The number of carbonyl (C=O) groups excluding carboxylic acids is 1. The van der Waals surface area contributed by atoms with Gasteiger partial charge in [0, 0.05) is 12.2 Å². The molecule has 0 spiro atoms. The predicted octanol–water partition coefficient (Wildman–Crippen LogP) is 1.70. The maximum atomic E-state index is 12.4. The van der Waals surface area contributed by atoms with Crippen molar-refractivity contribution in [1.29, 1.82) is 0 Å². The van der Waals surface area contributed by atoms with Gasteiger partial charge in [0.25, 0.3) is 0 Å². The van der Waals surface area contributed by atoms with Crippen molar-refractivity contribution in [2.45, 2.75) is 18.4 Å². The number of likely N-dealkylation sites (N-methyl/N-ethyl adjacent to an activating group) is 1. The largest absolute Gasteiger partial charge is 0.454 e. The van der Waals surface area contributed by atoms with E-state index in [-0.39, 0.29) is 24.1 Å². The van der Waals surface area contributed by atoms with Crippen LogP contribution < -0.4 is 19.5 Å². The van der Waals surface area contributed by atoms with Gasteiger partial charge in [-0.15, -0.1) is 0 Å². The molecule has 9 heteroatoms. The van der Waals surface area contributed by atoms with E-state index in [2.05, 4.69) is 10.0 Å². The standard InChI is InChI=1S/C19H23N3O5S/c1-13-4-6-15(9-18(13)28(24,25)20-2)21-19(23)11-22(3)10-14-5-7-16-17(8-14)27-12-26-16/h4-9,20H,10-12H2,1-3H3,(H,21,23). The molecule has 0 atom stereocenters. The van der Waals surface area contributed by atoms with E-state index in [1.807, 2.05) is 30.1 Å². The number of nitrogens with one attached hydrogen (secondary N) is 2. The van der Waals surface area contributed by atoms with E-state index in [9.17, 15) is 13.2 Å². The molecule has 0 bridgehead atoms. The molecule has 0 unspecified atom stereocenters. The molecule has 150 valence electrons. The fraction of sp³-hybridized carbons (Fsp3) is 0.316. The minimum Gasteiger partial charge on any atom is -0.454 e. The van der Waals surface area contributed by atoms with Gasteiger partial charge in [-0.1, -0.05) is 12.1 Å². The first-order chi connectivity index (χ1) is 13.3. The molecule has 2 aromatic carbocycles. The second-order valence-electron chi connectivity index (χ2n) is 6.60. The fourth-order valence-corrected chi connectivity index (χ4v) is 3.92. The Labute approximate surface area is 164 Å². The molecule has 2 N–H and O–H groups in total. The Bertz CT molecular complexity index is 991. The van der Waals surface area contributed by atoms with Crippen molar-refractivity contribution in [2.75, 3.05) is 32.7 Å². The number of ether oxygens (including phenoxy) is 2. The summed E-state index contributed by atoms with van der Waals surface area (Å²) in [6.45, 7) is 2.63. The molecule has 2 aromatic rings. The van der Waals surface area contributed by atoms with E-state index in [0.29, 0.717) is 23.5 Å². The molecule has 1 amide bonds. The number of hydrogen-bond acceptors (Lipinski definition) is 6. The van der Waals surface area contributed by atoms with E-state index in [4.69, 9.17) is 9.47 Å². The first-order valence-electron chi connectivity index (χ1n) is 8.69. The lowest BCUT2D eigenvalue weighted by molar-refractivity contribution is -0.117. The third-order valence-electron chi connectivity index (χ3n) is 4.33. The molecular weight excluding hydrogens is 382 g/mol. The lowest BCUT2D eigenvalue weighted by Gasteiger charge is -2.17. The van der Waals surface area contributed by atoms with Crippen LogP contribution in [0.25, 0.3) is 0 Å². The molecule has 28 heavy (non-hydrogen) atoms. The molecule has 0 fully saturated rings. The van der Waals surface area contributed by atoms with Crippen LogP contribution in [0.5, 0.6) is 11.5 Å². The van der Waals surface area contributed by atoms with E-state index in [1.54, 1.807) is 19.1 Å². The maximum Gasteiger partial charge on any atom is 0.240 e. The second kappa shape index (κ2) is 8.17. The summed E-state index contributed by atoms with van der Waals surface area (Å²) in [5.41, 5.74) is 2.03. The number of anilines is 1. The van der Waals surface area contributed by atoms with Crippen LogP contribution in [0.2, 0.25) is 0 Å². The smallest absolute Gasteiger partial charge is 0.240 e. The Morgan fingerprint density at radius 3 is 2.64 bits per heavy atom. The summed E-state index contributed by atoms with van der Waals surface area (Å²) in [7, 11) is -0.408. The zero-order valence-electron chi connectivity index (χ0n) is 16.0. The minimum atomic E-state index is -3.59. The van der Waals surface area contributed by atoms with Crippen molar-refractivity contribution >= 4 is 21.6 Å². The van der Waals surface area contributed by atoms with Gasteiger partial charge in [-0.25, -0.2) is 13.1 Å². The van der Waals surface area contributed by atoms with E-state index >= 15 is 0 Å². The lowest BCUT2D eigenvalue weighted by atomic mass is 10.2. The zero-order valence-corrected chi connectivity index (χ0v) is 16.8. The summed E-state index contributed by atoms with van der Waals surface area (Å²) in [6.07, 6.45) is 0. The van der Waals surface area contributed by atoms with Crippen LogP contribution in [0.4, 0.5) is 5.69 Å². The highest BCUT2D eigenvalue weighted by Gasteiger charge is 2.17. The summed E-state index contributed by atoms with van der Waals surface area (Å²) in [6, 6.07) is 10.5. The van der Waals surface area contributed by atoms with Crippen LogP contribution in [0.3, 0.4) is 0 Å². The van der Waals surface area contributed by atoms with Crippen molar-refractivity contribution in [3.05, 3.63) is 47.5 Å². The summed E-state index contributed by atoms with van der Waals surface area (Å²) in [5, 5.41) is 2.75. The summed E-state index contributed by atoms with van der Waals surface area (Å²) < 4.78 is 37.1. The fourth-order valence-electron chi connectivity index (χ4n) is 2.93. The molecular formula is C19H23N3O5S. The highest BCUT2D eigenvalue weighted by atomic mass is 32.2. The highest BCUT2D eigenvalue weighted by Crippen LogP contribution is 2.32. The summed E-state index contributed by atoms with van der Waals surface area (Å²) in [4.78, 5) is 14.3. The van der Waals surface area contributed by atoms with E-state index in [0.717, 1.165) is 11.3 Å². The van der Waals surface area contributed by atoms with E-state index in [1.165, 1.54) is 13.1 Å². The number of sulfonamides is 1. The number of fused-ring (bicyclic) bond motifs is 1. The Kier molecular flexibility index (Phi) is 5.87. The Morgan fingerprint density at radius 2 is 1.89 bits per heavy atom. The van der Waals surface area contributed by atoms with Gasteiger partial charge in [0.15, 0.2) is 11.5 Å². The molecule has 0 aromatic heterocycles. The number of aryl methyl sites for hydroxylation is 1. The minimum absolute atomic E-state index is 0.140. The second-order valence-corrected chi connectivity index (χ2v) is 8.45. The Morgan fingerprint density at radius 1 is 1.14 bits per heavy atom. The van der Waals surface area contributed by atoms with Crippen LogP contribution in [0.1, 0.15) is 11.1 Å². The lowest BCUT2D eigenvalue weighted by Crippen LogP contribution is -2.30. The van der Waals surface area contributed by atoms with Crippen molar-refractivity contribution in [2.24, 2.45) is 0 Å². The van der Waals surface area contributed by atoms with Gasteiger partial charge >= 0.3 is 0 Å².